The molecule has 4 nitrogen and oxygen atoms in total. The first kappa shape index (κ1) is 15.2. The van der Waals surface area contributed by atoms with E-state index in [1.54, 1.807) is 11.9 Å². The fraction of sp³-hybridized carbons (Fsp3) is 0.467. The summed E-state index contributed by atoms with van der Waals surface area (Å²) in [7, 11) is 2.98. The molecule has 1 rings (SSSR count). The van der Waals surface area contributed by atoms with Gasteiger partial charge in [0.1, 0.15) is 6.42 Å². The molecular formula is C15H21NO3. The van der Waals surface area contributed by atoms with Crippen LogP contribution >= 0.6 is 0 Å². The summed E-state index contributed by atoms with van der Waals surface area (Å²) in [5.74, 6) is -0.738. The highest BCUT2D eigenvalue weighted by Crippen LogP contribution is 2.17. The van der Waals surface area contributed by atoms with Crippen LogP contribution < -0.4 is 0 Å². The number of benzene rings is 1. The molecule has 0 aliphatic rings. The van der Waals surface area contributed by atoms with Crippen LogP contribution in [0.15, 0.2) is 12.1 Å². The minimum atomic E-state index is -0.506. The Bertz CT molecular complexity index is 494. The number of hydrogen-bond donors (Lipinski definition) is 0. The van der Waals surface area contributed by atoms with E-state index in [0.29, 0.717) is 6.54 Å². The number of rotatable bonds is 4. The summed E-state index contributed by atoms with van der Waals surface area (Å²) in [5, 5.41) is 0. The molecule has 0 fully saturated rings. The average Bonchev–Trinajstić information content (AvgIpc) is 2.35. The summed E-state index contributed by atoms with van der Waals surface area (Å²) in [6, 6.07) is 4.20. The van der Waals surface area contributed by atoms with Gasteiger partial charge in [0.05, 0.1) is 7.11 Å². The number of aryl methyl sites for hydroxylation is 3. The standard InChI is InChI=1S/C15H21NO3/c1-10-6-12(3)13(7-11(10)2)9-16(4)14(17)8-15(18)19-5/h6-7H,8-9H2,1-5H3. The third kappa shape index (κ3) is 4.09. The van der Waals surface area contributed by atoms with E-state index in [4.69, 9.17) is 0 Å². The van der Waals surface area contributed by atoms with Gasteiger partial charge in [-0.15, -0.1) is 0 Å². The Hall–Kier alpha value is -1.84. The van der Waals surface area contributed by atoms with Crippen molar-refractivity contribution in [1.29, 1.82) is 0 Å². The molecule has 1 aromatic carbocycles. The lowest BCUT2D eigenvalue weighted by Gasteiger charge is -2.19. The van der Waals surface area contributed by atoms with E-state index in [-0.39, 0.29) is 12.3 Å². The summed E-state index contributed by atoms with van der Waals surface area (Å²) in [6.07, 6.45) is -0.211. The molecule has 0 bridgehead atoms. The van der Waals surface area contributed by atoms with E-state index in [1.165, 1.54) is 18.2 Å². The van der Waals surface area contributed by atoms with Gasteiger partial charge in [-0.05, 0) is 43.0 Å². The van der Waals surface area contributed by atoms with Crippen LogP contribution in [0.25, 0.3) is 0 Å². The number of esters is 1. The van der Waals surface area contributed by atoms with Crippen molar-refractivity contribution >= 4 is 11.9 Å². The van der Waals surface area contributed by atoms with Crippen molar-refractivity contribution in [2.75, 3.05) is 14.2 Å². The molecule has 0 spiro atoms. The number of hydrogen-bond acceptors (Lipinski definition) is 3. The summed E-state index contributed by atoms with van der Waals surface area (Å²) in [6.45, 7) is 6.65. The molecule has 0 saturated heterocycles. The smallest absolute Gasteiger partial charge is 0.315 e. The summed E-state index contributed by atoms with van der Waals surface area (Å²) >= 11 is 0. The fourth-order valence-corrected chi connectivity index (χ4v) is 1.86. The SMILES string of the molecule is COC(=O)CC(=O)N(C)Cc1cc(C)c(C)cc1C. The van der Waals surface area contributed by atoms with Crippen LogP contribution in [0.4, 0.5) is 0 Å². The van der Waals surface area contributed by atoms with E-state index < -0.39 is 5.97 Å². The predicted molar refractivity (Wildman–Crippen MR) is 73.8 cm³/mol. The highest BCUT2D eigenvalue weighted by molar-refractivity contribution is 5.94. The number of nitrogens with zero attached hydrogens (tertiary/aromatic N) is 1. The molecule has 0 radical (unpaired) electrons. The van der Waals surface area contributed by atoms with Gasteiger partial charge in [-0.2, -0.15) is 0 Å². The lowest BCUT2D eigenvalue weighted by Crippen LogP contribution is -2.28. The largest absolute Gasteiger partial charge is 0.469 e. The lowest BCUT2D eigenvalue weighted by molar-refractivity contribution is -0.146. The molecule has 0 unspecified atom stereocenters. The first-order valence-corrected chi connectivity index (χ1v) is 6.22. The van der Waals surface area contributed by atoms with Gasteiger partial charge >= 0.3 is 5.97 Å². The number of amides is 1. The van der Waals surface area contributed by atoms with Crippen LogP contribution in [0.3, 0.4) is 0 Å². The molecular weight excluding hydrogens is 242 g/mol. The van der Waals surface area contributed by atoms with Crippen molar-refractivity contribution in [3.05, 3.63) is 34.4 Å². The van der Waals surface area contributed by atoms with E-state index in [0.717, 1.165) is 11.1 Å². The second-order valence-electron chi connectivity index (χ2n) is 4.87. The summed E-state index contributed by atoms with van der Waals surface area (Å²) < 4.78 is 4.49. The second kappa shape index (κ2) is 6.36. The van der Waals surface area contributed by atoms with Crippen molar-refractivity contribution in [1.82, 2.24) is 4.90 Å². The number of ether oxygens (including phenoxy) is 1. The summed E-state index contributed by atoms with van der Waals surface area (Å²) in [4.78, 5) is 24.4. The molecule has 0 saturated carbocycles. The van der Waals surface area contributed by atoms with Gasteiger partial charge in [0, 0.05) is 13.6 Å². The van der Waals surface area contributed by atoms with E-state index in [1.807, 2.05) is 6.92 Å². The van der Waals surface area contributed by atoms with Gasteiger partial charge in [0.15, 0.2) is 0 Å². The Morgan fingerprint density at radius 2 is 1.68 bits per heavy atom. The highest BCUT2D eigenvalue weighted by Gasteiger charge is 2.15. The first-order chi connectivity index (χ1) is 8.85. The van der Waals surface area contributed by atoms with Crippen molar-refractivity contribution in [3.63, 3.8) is 0 Å². The maximum Gasteiger partial charge on any atom is 0.315 e. The maximum atomic E-state index is 11.8. The van der Waals surface area contributed by atoms with Gasteiger partial charge < -0.3 is 9.64 Å². The molecule has 0 atom stereocenters. The van der Waals surface area contributed by atoms with Crippen LogP contribution in [0.2, 0.25) is 0 Å². The molecule has 1 amide bonds. The van der Waals surface area contributed by atoms with Gasteiger partial charge in [0.2, 0.25) is 5.91 Å². The second-order valence-corrected chi connectivity index (χ2v) is 4.87. The molecule has 0 aliphatic heterocycles. The van der Waals surface area contributed by atoms with Gasteiger partial charge in [-0.1, -0.05) is 12.1 Å². The van der Waals surface area contributed by atoms with Gasteiger partial charge in [-0.25, -0.2) is 0 Å². The zero-order valence-corrected chi connectivity index (χ0v) is 12.2. The number of methoxy groups -OCH3 is 1. The van der Waals surface area contributed by atoms with E-state index in [2.05, 4.69) is 30.7 Å². The fourth-order valence-electron chi connectivity index (χ4n) is 1.86. The van der Waals surface area contributed by atoms with Crippen LogP contribution in [-0.2, 0) is 20.9 Å². The number of carbonyl (C=O) groups excluding carboxylic acids is 2. The third-order valence-corrected chi connectivity index (χ3v) is 3.31. The average molecular weight is 263 g/mol. The highest BCUT2D eigenvalue weighted by atomic mass is 16.5. The first-order valence-electron chi connectivity index (χ1n) is 6.22. The molecule has 1 aromatic rings. The predicted octanol–water partition coefficient (Wildman–Crippen LogP) is 2.13. The zero-order chi connectivity index (χ0) is 14.6. The maximum absolute atomic E-state index is 11.8. The van der Waals surface area contributed by atoms with Gasteiger partial charge in [0.25, 0.3) is 0 Å². The monoisotopic (exact) mass is 263 g/mol. The Morgan fingerprint density at radius 1 is 1.11 bits per heavy atom. The molecule has 0 heterocycles. The van der Waals surface area contributed by atoms with Crippen molar-refractivity contribution in [2.24, 2.45) is 0 Å². The molecule has 19 heavy (non-hydrogen) atoms. The lowest BCUT2D eigenvalue weighted by atomic mass is 10.0. The van der Waals surface area contributed by atoms with Crippen LogP contribution in [0.5, 0.6) is 0 Å². The Balaban J connectivity index is 2.77. The van der Waals surface area contributed by atoms with Crippen LogP contribution in [0.1, 0.15) is 28.7 Å². The molecule has 0 aliphatic carbocycles. The molecule has 104 valence electrons. The summed E-state index contributed by atoms with van der Waals surface area (Å²) in [5.41, 5.74) is 4.70. The molecule has 0 aromatic heterocycles. The molecule has 4 heteroatoms. The number of carbonyl (C=O) groups is 2. The zero-order valence-electron chi connectivity index (χ0n) is 12.2. The Morgan fingerprint density at radius 3 is 2.26 bits per heavy atom. The van der Waals surface area contributed by atoms with E-state index >= 15 is 0 Å². The topological polar surface area (TPSA) is 46.6 Å². The minimum absolute atomic E-state index is 0.211. The van der Waals surface area contributed by atoms with Crippen LogP contribution in [-0.4, -0.2) is 30.9 Å². The quantitative estimate of drug-likeness (QED) is 0.617. The van der Waals surface area contributed by atoms with Crippen LogP contribution in [0, 0.1) is 20.8 Å². The van der Waals surface area contributed by atoms with Crippen molar-refractivity contribution < 1.29 is 14.3 Å². The molecule has 0 N–H and O–H groups in total. The van der Waals surface area contributed by atoms with Gasteiger partial charge in [-0.3, -0.25) is 9.59 Å². The Labute approximate surface area is 114 Å². The van der Waals surface area contributed by atoms with E-state index in [9.17, 15) is 9.59 Å². The normalized spacial score (nSPS) is 10.2. The minimum Gasteiger partial charge on any atom is -0.469 e. The third-order valence-electron chi connectivity index (χ3n) is 3.31. The van der Waals surface area contributed by atoms with Crippen molar-refractivity contribution in [3.8, 4) is 0 Å². The Kier molecular flexibility index (Phi) is 5.10. The van der Waals surface area contributed by atoms with Crippen molar-refractivity contribution in [2.45, 2.75) is 33.7 Å².